The molecular formula is C14H18N2O4S. The van der Waals surface area contributed by atoms with Crippen LogP contribution < -0.4 is 4.72 Å². The van der Waals surface area contributed by atoms with Crippen LogP contribution in [0.1, 0.15) is 24.8 Å². The fraction of sp³-hybridized carbons (Fsp3) is 0.429. The van der Waals surface area contributed by atoms with Gasteiger partial charge in [-0.25, -0.2) is 13.1 Å². The highest BCUT2D eigenvalue weighted by Gasteiger charge is 2.10. The molecule has 0 fully saturated rings. The molecule has 7 heteroatoms. The van der Waals surface area contributed by atoms with Crippen LogP contribution in [0.2, 0.25) is 0 Å². The summed E-state index contributed by atoms with van der Waals surface area (Å²) in [7, 11) is -2.08. The van der Waals surface area contributed by atoms with Crippen molar-refractivity contribution in [1.82, 2.24) is 4.72 Å². The zero-order chi connectivity index (χ0) is 15.7. The van der Waals surface area contributed by atoms with Crippen LogP contribution in [0.5, 0.6) is 0 Å². The molecule has 0 aromatic heterocycles. The van der Waals surface area contributed by atoms with Gasteiger partial charge >= 0.3 is 5.97 Å². The number of carbonyl (C=O) groups is 1. The Morgan fingerprint density at radius 2 is 2.00 bits per heavy atom. The van der Waals surface area contributed by atoms with Crippen LogP contribution in [0.25, 0.3) is 0 Å². The molecule has 6 nitrogen and oxygen atoms in total. The summed E-state index contributed by atoms with van der Waals surface area (Å²) < 4.78 is 30.3. The Kier molecular flexibility index (Phi) is 6.85. The monoisotopic (exact) mass is 310 g/mol. The first-order chi connectivity index (χ1) is 9.99. The molecule has 0 bridgehead atoms. The number of carbonyl (C=O) groups excluding carboxylic acids is 1. The third-order valence-electron chi connectivity index (χ3n) is 2.82. The minimum Gasteiger partial charge on any atom is -0.466 e. The van der Waals surface area contributed by atoms with E-state index in [0.717, 1.165) is 5.56 Å². The number of hydrogen-bond donors (Lipinski definition) is 1. The average Bonchev–Trinajstić information content (AvgIpc) is 2.50. The lowest BCUT2D eigenvalue weighted by Crippen LogP contribution is -2.18. The molecule has 0 radical (unpaired) electrons. The van der Waals surface area contributed by atoms with Crippen LogP contribution in [-0.2, 0) is 26.0 Å². The Morgan fingerprint density at radius 1 is 1.33 bits per heavy atom. The number of aryl methyl sites for hydroxylation is 1. The van der Waals surface area contributed by atoms with Gasteiger partial charge in [0.25, 0.3) is 0 Å². The molecule has 0 aliphatic heterocycles. The Balaban J connectivity index is 2.43. The summed E-state index contributed by atoms with van der Waals surface area (Å²) >= 11 is 0. The van der Waals surface area contributed by atoms with Gasteiger partial charge in [0.2, 0.25) is 10.0 Å². The van der Waals surface area contributed by atoms with Crippen molar-refractivity contribution in [2.75, 3.05) is 13.7 Å². The van der Waals surface area contributed by atoms with Gasteiger partial charge in [-0.05, 0) is 37.6 Å². The first-order valence-electron chi connectivity index (χ1n) is 6.54. The van der Waals surface area contributed by atoms with Crippen molar-refractivity contribution >= 4 is 16.0 Å². The van der Waals surface area contributed by atoms with Crippen molar-refractivity contribution in [3.05, 3.63) is 29.8 Å². The van der Waals surface area contributed by atoms with Crippen molar-refractivity contribution in [3.63, 3.8) is 0 Å². The Morgan fingerprint density at radius 3 is 2.57 bits per heavy atom. The van der Waals surface area contributed by atoms with E-state index in [9.17, 15) is 13.2 Å². The van der Waals surface area contributed by atoms with Crippen LogP contribution in [0.15, 0.2) is 29.2 Å². The maximum Gasteiger partial charge on any atom is 0.306 e. The molecule has 0 aliphatic carbocycles. The molecule has 0 aliphatic rings. The number of sulfonamides is 1. The zero-order valence-corrected chi connectivity index (χ0v) is 12.6. The predicted octanol–water partition coefficient (Wildman–Crippen LogP) is 1.37. The van der Waals surface area contributed by atoms with Crippen molar-refractivity contribution in [1.29, 1.82) is 5.26 Å². The molecule has 1 aromatic rings. The second-order valence-electron chi connectivity index (χ2n) is 4.33. The van der Waals surface area contributed by atoms with Crippen LogP contribution >= 0.6 is 0 Å². The molecule has 114 valence electrons. The summed E-state index contributed by atoms with van der Waals surface area (Å²) in [4.78, 5) is 11.6. The molecule has 21 heavy (non-hydrogen) atoms. The van der Waals surface area contributed by atoms with E-state index in [2.05, 4.69) is 4.72 Å². The quantitative estimate of drug-likeness (QED) is 0.578. The van der Waals surface area contributed by atoms with Gasteiger partial charge in [0.05, 0.1) is 17.6 Å². The second kappa shape index (κ2) is 8.39. The summed E-state index contributed by atoms with van der Waals surface area (Å²) in [6, 6.07) is 8.32. The average molecular weight is 310 g/mol. The van der Waals surface area contributed by atoms with Gasteiger partial charge in [0.15, 0.2) is 0 Å². The summed E-state index contributed by atoms with van der Waals surface area (Å²) in [5.74, 6) is -0.320. The summed E-state index contributed by atoms with van der Waals surface area (Å²) in [5.41, 5.74) is 0.860. The van der Waals surface area contributed by atoms with Crippen molar-refractivity contribution in [2.24, 2.45) is 0 Å². The van der Waals surface area contributed by atoms with Gasteiger partial charge in [-0.3, -0.25) is 4.79 Å². The van der Waals surface area contributed by atoms with Crippen molar-refractivity contribution in [3.8, 4) is 6.07 Å². The summed E-state index contributed by atoms with van der Waals surface area (Å²) in [6.45, 7) is 0.256. The summed E-state index contributed by atoms with van der Waals surface area (Å²) in [6.07, 6.45) is 1.62. The molecule has 1 N–H and O–H groups in total. The SMILES string of the molecule is CNS(=O)(=O)c1ccc(CCC(=O)OCCCC#N)cc1. The first-order valence-corrected chi connectivity index (χ1v) is 8.03. The van der Waals surface area contributed by atoms with E-state index in [1.165, 1.54) is 19.2 Å². The van der Waals surface area contributed by atoms with E-state index in [1.807, 2.05) is 6.07 Å². The van der Waals surface area contributed by atoms with Gasteiger partial charge in [-0.2, -0.15) is 5.26 Å². The molecule has 0 saturated carbocycles. The maximum absolute atomic E-state index is 11.5. The number of benzene rings is 1. The number of nitriles is 1. The third kappa shape index (κ3) is 5.94. The maximum atomic E-state index is 11.5. The lowest BCUT2D eigenvalue weighted by Gasteiger charge is -2.05. The molecule has 0 spiro atoms. The van der Waals surface area contributed by atoms with Gasteiger partial charge in [0, 0.05) is 12.8 Å². The Bertz CT molecular complexity index is 603. The van der Waals surface area contributed by atoms with E-state index < -0.39 is 10.0 Å². The van der Waals surface area contributed by atoms with E-state index in [-0.39, 0.29) is 23.9 Å². The van der Waals surface area contributed by atoms with Crippen LogP contribution in [-0.4, -0.2) is 28.0 Å². The molecule has 1 rings (SSSR count). The standard InChI is InChI=1S/C14H18N2O4S/c1-16-21(18,19)13-7-4-12(5-8-13)6-9-14(17)20-11-3-2-10-15/h4-5,7-8,16H,2-3,6,9,11H2,1H3. The van der Waals surface area contributed by atoms with Crippen LogP contribution in [0, 0.1) is 11.3 Å². The molecule has 0 atom stereocenters. The van der Waals surface area contributed by atoms with Gasteiger partial charge in [-0.1, -0.05) is 12.1 Å². The third-order valence-corrected chi connectivity index (χ3v) is 4.25. The highest BCUT2D eigenvalue weighted by Crippen LogP contribution is 2.11. The van der Waals surface area contributed by atoms with E-state index in [4.69, 9.17) is 10.00 Å². The highest BCUT2D eigenvalue weighted by molar-refractivity contribution is 7.89. The van der Waals surface area contributed by atoms with E-state index >= 15 is 0 Å². The zero-order valence-electron chi connectivity index (χ0n) is 11.8. The molecule has 0 amide bonds. The van der Waals surface area contributed by atoms with Crippen LogP contribution in [0.3, 0.4) is 0 Å². The molecule has 0 unspecified atom stereocenters. The number of rotatable bonds is 8. The van der Waals surface area contributed by atoms with Crippen LogP contribution in [0.4, 0.5) is 0 Å². The molecule has 0 saturated heterocycles. The molecule has 0 heterocycles. The number of hydrogen-bond acceptors (Lipinski definition) is 5. The first kappa shape index (κ1) is 17.1. The van der Waals surface area contributed by atoms with E-state index in [0.29, 0.717) is 19.3 Å². The number of unbranched alkanes of at least 4 members (excludes halogenated alkanes) is 1. The van der Waals surface area contributed by atoms with Crippen molar-refractivity contribution < 1.29 is 17.9 Å². The molecular weight excluding hydrogens is 292 g/mol. The Labute approximate surface area is 124 Å². The fourth-order valence-corrected chi connectivity index (χ4v) is 2.34. The fourth-order valence-electron chi connectivity index (χ4n) is 1.61. The minimum absolute atomic E-state index is 0.188. The number of ether oxygens (including phenoxy) is 1. The minimum atomic E-state index is -3.43. The van der Waals surface area contributed by atoms with E-state index in [1.54, 1.807) is 12.1 Å². The second-order valence-corrected chi connectivity index (χ2v) is 6.22. The lowest BCUT2D eigenvalue weighted by atomic mass is 10.1. The highest BCUT2D eigenvalue weighted by atomic mass is 32.2. The smallest absolute Gasteiger partial charge is 0.306 e. The van der Waals surface area contributed by atoms with Gasteiger partial charge in [0.1, 0.15) is 0 Å². The summed E-state index contributed by atoms with van der Waals surface area (Å²) in [5, 5.41) is 8.34. The normalized spacial score (nSPS) is 10.9. The topological polar surface area (TPSA) is 96.3 Å². The molecule has 1 aromatic carbocycles. The lowest BCUT2D eigenvalue weighted by molar-refractivity contribution is -0.143. The van der Waals surface area contributed by atoms with Gasteiger partial charge in [-0.15, -0.1) is 0 Å². The largest absolute Gasteiger partial charge is 0.466 e. The number of esters is 1. The van der Waals surface area contributed by atoms with Crippen molar-refractivity contribution in [2.45, 2.75) is 30.6 Å². The number of nitrogens with zero attached hydrogens (tertiary/aromatic N) is 1. The number of nitrogens with one attached hydrogen (secondary N) is 1. The predicted molar refractivity (Wildman–Crippen MR) is 76.8 cm³/mol. The Hall–Kier alpha value is -1.91. The van der Waals surface area contributed by atoms with Gasteiger partial charge < -0.3 is 4.74 Å².